The van der Waals surface area contributed by atoms with Crippen molar-refractivity contribution in [2.75, 3.05) is 5.32 Å². The van der Waals surface area contributed by atoms with Crippen molar-refractivity contribution < 1.29 is 9.18 Å². The zero-order chi connectivity index (χ0) is 14.0. The van der Waals surface area contributed by atoms with Crippen LogP contribution in [0.4, 0.5) is 10.1 Å². The van der Waals surface area contributed by atoms with Gasteiger partial charge in [0.25, 0.3) is 5.91 Å². The Morgan fingerprint density at radius 2 is 2.00 bits per heavy atom. The number of halogens is 2. The van der Waals surface area contributed by atoms with E-state index in [0.29, 0.717) is 16.4 Å². The number of pyridine rings is 1. The van der Waals surface area contributed by atoms with Crippen molar-refractivity contribution in [1.29, 1.82) is 0 Å². The average molecular weight is 279 g/mol. The third-order valence-electron chi connectivity index (χ3n) is 2.58. The number of benzene rings is 1. The Morgan fingerprint density at radius 3 is 2.63 bits per heavy atom. The summed E-state index contributed by atoms with van der Waals surface area (Å²) in [7, 11) is 0. The van der Waals surface area contributed by atoms with Crippen molar-refractivity contribution in [3.63, 3.8) is 0 Å². The van der Waals surface area contributed by atoms with Crippen LogP contribution in [-0.4, -0.2) is 10.9 Å². The Kier molecular flexibility index (Phi) is 3.81. The highest BCUT2D eigenvalue weighted by Gasteiger charge is 2.09. The molecule has 0 unspecified atom stereocenters. The van der Waals surface area contributed by atoms with Crippen molar-refractivity contribution >= 4 is 23.2 Å². The van der Waals surface area contributed by atoms with Crippen LogP contribution in [0.25, 0.3) is 0 Å². The van der Waals surface area contributed by atoms with Gasteiger partial charge in [-0.2, -0.15) is 0 Å². The van der Waals surface area contributed by atoms with E-state index in [0.717, 1.165) is 5.56 Å². The fourth-order valence-corrected chi connectivity index (χ4v) is 1.80. The fraction of sp³-hybridized carbons (Fsp3) is 0.143. The smallest absolute Gasteiger partial charge is 0.255 e. The normalized spacial score (nSPS) is 10.3. The molecule has 0 atom stereocenters. The zero-order valence-electron chi connectivity index (χ0n) is 10.5. The molecular formula is C14H12ClFN2O. The van der Waals surface area contributed by atoms with Crippen LogP contribution in [0.15, 0.2) is 30.5 Å². The Morgan fingerprint density at radius 1 is 1.26 bits per heavy atom. The molecule has 5 heteroatoms. The topological polar surface area (TPSA) is 42.0 Å². The van der Waals surface area contributed by atoms with Crippen LogP contribution >= 0.6 is 11.6 Å². The number of anilines is 1. The molecule has 1 aromatic heterocycles. The van der Waals surface area contributed by atoms with E-state index in [4.69, 9.17) is 11.6 Å². The summed E-state index contributed by atoms with van der Waals surface area (Å²) in [5, 5.41) is 3.04. The summed E-state index contributed by atoms with van der Waals surface area (Å²) in [5.41, 5.74) is 2.24. The minimum atomic E-state index is -0.435. The van der Waals surface area contributed by atoms with Gasteiger partial charge in [0.2, 0.25) is 0 Å². The van der Waals surface area contributed by atoms with E-state index in [1.807, 2.05) is 0 Å². The van der Waals surface area contributed by atoms with Gasteiger partial charge in [0, 0.05) is 5.56 Å². The Balaban J connectivity index is 2.22. The minimum absolute atomic E-state index is 0.269. The molecular weight excluding hydrogens is 267 g/mol. The highest BCUT2D eigenvalue weighted by Crippen LogP contribution is 2.17. The number of hydrogen-bond donors (Lipinski definition) is 1. The van der Waals surface area contributed by atoms with Gasteiger partial charge in [0.15, 0.2) is 0 Å². The van der Waals surface area contributed by atoms with Crippen LogP contribution in [0.3, 0.4) is 0 Å². The van der Waals surface area contributed by atoms with Gasteiger partial charge in [-0.15, -0.1) is 0 Å². The summed E-state index contributed by atoms with van der Waals surface area (Å²) in [6, 6.07) is 5.89. The summed E-state index contributed by atoms with van der Waals surface area (Å²) < 4.78 is 13.2. The van der Waals surface area contributed by atoms with E-state index in [2.05, 4.69) is 10.3 Å². The fourth-order valence-electron chi connectivity index (χ4n) is 1.70. The maximum Gasteiger partial charge on any atom is 0.255 e. The van der Waals surface area contributed by atoms with Gasteiger partial charge >= 0.3 is 0 Å². The average Bonchev–Trinajstić information content (AvgIpc) is 2.32. The summed E-state index contributed by atoms with van der Waals surface area (Å²) in [6.45, 7) is 3.52. The lowest BCUT2D eigenvalue weighted by Gasteiger charge is -2.07. The number of nitrogens with zero attached hydrogens (tertiary/aromatic N) is 1. The third kappa shape index (κ3) is 3.29. The number of hydrogen-bond acceptors (Lipinski definition) is 2. The van der Waals surface area contributed by atoms with Crippen molar-refractivity contribution in [1.82, 2.24) is 4.98 Å². The maximum absolute atomic E-state index is 13.2. The quantitative estimate of drug-likeness (QED) is 0.850. The Hall–Kier alpha value is -1.94. The van der Waals surface area contributed by atoms with Gasteiger partial charge in [0.05, 0.1) is 11.9 Å². The Bertz CT molecular complexity index is 623. The molecule has 1 amide bonds. The molecule has 2 rings (SSSR count). The van der Waals surface area contributed by atoms with Gasteiger partial charge in [0.1, 0.15) is 11.0 Å². The monoisotopic (exact) mass is 278 g/mol. The molecule has 98 valence electrons. The van der Waals surface area contributed by atoms with Crippen LogP contribution in [-0.2, 0) is 0 Å². The molecule has 1 aromatic carbocycles. The second kappa shape index (κ2) is 5.36. The molecule has 0 aliphatic heterocycles. The van der Waals surface area contributed by atoms with Crippen LogP contribution in [0.2, 0.25) is 5.15 Å². The van der Waals surface area contributed by atoms with Crippen molar-refractivity contribution in [3.05, 3.63) is 58.1 Å². The maximum atomic E-state index is 13.2. The molecule has 3 nitrogen and oxygen atoms in total. The molecule has 0 saturated heterocycles. The number of aromatic nitrogens is 1. The first kappa shape index (κ1) is 13.5. The summed E-state index contributed by atoms with van der Waals surface area (Å²) in [6.07, 6.45) is 1.46. The number of nitrogens with one attached hydrogen (secondary N) is 1. The van der Waals surface area contributed by atoms with E-state index in [9.17, 15) is 9.18 Å². The lowest BCUT2D eigenvalue weighted by molar-refractivity contribution is 0.102. The second-order valence-corrected chi connectivity index (χ2v) is 4.66. The highest BCUT2D eigenvalue weighted by atomic mass is 35.5. The summed E-state index contributed by atoms with van der Waals surface area (Å²) in [4.78, 5) is 15.9. The van der Waals surface area contributed by atoms with E-state index < -0.39 is 5.82 Å². The predicted octanol–water partition coefficient (Wildman–Crippen LogP) is 3.74. The van der Waals surface area contributed by atoms with Crippen LogP contribution in [0.1, 0.15) is 21.5 Å². The van der Waals surface area contributed by atoms with E-state index in [1.165, 1.54) is 18.3 Å². The molecule has 0 saturated carbocycles. The number of amides is 1. The van der Waals surface area contributed by atoms with Crippen molar-refractivity contribution in [3.8, 4) is 0 Å². The lowest BCUT2D eigenvalue weighted by atomic mass is 10.1. The van der Waals surface area contributed by atoms with Gasteiger partial charge in [-0.05, 0) is 49.2 Å². The highest BCUT2D eigenvalue weighted by molar-refractivity contribution is 6.30. The zero-order valence-corrected chi connectivity index (χ0v) is 11.3. The standard InChI is InChI=1S/C14H12ClFN2O/c1-8-3-10(6-11(16)4-8)14(19)18-12-5-9(2)13(15)17-7-12/h3-7H,1-2H3,(H,18,19). The molecule has 0 spiro atoms. The molecule has 0 radical (unpaired) electrons. The lowest BCUT2D eigenvalue weighted by Crippen LogP contribution is -2.12. The molecule has 0 fully saturated rings. The first-order valence-corrected chi connectivity index (χ1v) is 6.04. The molecule has 0 bridgehead atoms. The first-order chi connectivity index (χ1) is 8.95. The van der Waals surface area contributed by atoms with Crippen molar-refractivity contribution in [2.24, 2.45) is 0 Å². The SMILES string of the molecule is Cc1cc(F)cc(C(=O)Nc2cnc(Cl)c(C)c2)c1. The second-order valence-electron chi connectivity index (χ2n) is 4.30. The molecule has 1 N–H and O–H groups in total. The van der Waals surface area contributed by atoms with E-state index >= 15 is 0 Å². The van der Waals surface area contributed by atoms with Gasteiger partial charge in [-0.3, -0.25) is 4.79 Å². The van der Waals surface area contributed by atoms with E-state index in [1.54, 1.807) is 26.0 Å². The molecule has 0 aliphatic carbocycles. The summed E-state index contributed by atoms with van der Waals surface area (Å²) in [5.74, 6) is -0.818. The van der Waals surface area contributed by atoms with Gasteiger partial charge < -0.3 is 5.32 Å². The van der Waals surface area contributed by atoms with Gasteiger partial charge in [-0.25, -0.2) is 9.37 Å². The third-order valence-corrected chi connectivity index (χ3v) is 2.97. The predicted molar refractivity (Wildman–Crippen MR) is 73.1 cm³/mol. The number of aryl methyl sites for hydroxylation is 2. The largest absolute Gasteiger partial charge is 0.321 e. The van der Waals surface area contributed by atoms with Crippen LogP contribution in [0.5, 0.6) is 0 Å². The number of rotatable bonds is 2. The first-order valence-electron chi connectivity index (χ1n) is 5.66. The van der Waals surface area contributed by atoms with Crippen LogP contribution in [0, 0.1) is 19.7 Å². The van der Waals surface area contributed by atoms with E-state index in [-0.39, 0.29) is 11.5 Å². The van der Waals surface area contributed by atoms with Crippen LogP contribution < -0.4 is 5.32 Å². The molecule has 19 heavy (non-hydrogen) atoms. The molecule has 2 aromatic rings. The number of carbonyl (C=O) groups excluding carboxylic acids is 1. The molecule has 0 aliphatic rings. The van der Waals surface area contributed by atoms with Gasteiger partial charge in [-0.1, -0.05) is 11.6 Å². The minimum Gasteiger partial charge on any atom is -0.321 e. The number of carbonyl (C=O) groups is 1. The van der Waals surface area contributed by atoms with Crippen molar-refractivity contribution in [2.45, 2.75) is 13.8 Å². The molecule has 1 heterocycles. The Labute approximate surface area is 115 Å². The summed E-state index contributed by atoms with van der Waals surface area (Å²) >= 11 is 5.80.